The maximum atomic E-state index is 5.66. The molecule has 0 spiro atoms. The highest BCUT2D eigenvalue weighted by Gasteiger charge is 2.19. The summed E-state index contributed by atoms with van der Waals surface area (Å²) in [6.45, 7) is 4.69. The quantitative estimate of drug-likeness (QED) is 0.905. The molecule has 3 aliphatic rings. The molecule has 0 amide bonds. The molecule has 1 N–H and O–H groups in total. The third-order valence-corrected chi connectivity index (χ3v) is 4.94. The molecule has 5 heteroatoms. The molecule has 0 saturated heterocycles. The topological polar surface area (TPSA) is 53.7 Å². The van der Waals surface area contributed by atoms with Crippen molar-refractivity contribution in [3.05, 3.63) is 71.3 Å². The standard InChI is InChI=1S/C21H20N4O/c1-14-23-19-4-2-16(12-20(19)26-14)18-8-11-25-13-17(3-5-21(25)24-18)15-6-9-22-10-7-15/h2-6,8,12-13,22H,7,9-11H2,1H3. The van der Waals surface area contributed by atoms with Crippen LogP contribution in [0.2, 0.25) is 0 Å². The van der Waals surface area contributed by atoms with Crippen molar-refractivity contribution in [3.63, 3.8) is 0 Å². The van der Waals surface area contributed by atoms with Gasteiger partial charge < -0.3 is 14.6 Å². The van der Waals surface area contributed by atoms with Crippen LogP contribution in [0.3, 0.4) is 0 Å². The summed E-state index contributed by atoms with van der Waals surface area (Å²) in [4.78, 5) is 11.4. The van der Waals surface area contributed by atoms with Gasteiger partial charge in [0, 0.05) is 31.8 Å². The van der Waals surface area contributed by atoms with Crippen molar-refractivity contribution < 1.29 is 4.42 Å². The first-order valence-electron chi connectivity index (χ1n) is 8.99. The summed E-state index contributed by atoms with van der Waals surface area (Å²) < 4.78 is 5.66. The molecule has 4 heterocycles. The number of hydrogen-bond donors (Lipinski definition) is 1. The Morgan fingerprint density at radius 3 is 3.04 bits per heavy atom. The summed E-state index contributed by atoms with van der Waals surface area (Å²) in [6, 6.07) is 6.07. The van der Waals surface area contributed by atoms with Crippen molar-refractivity contribution in [2.24, 2.45) is 4.99 Å². The summed E-state index contributed by atoms with van der Waals surface area (Å²) in [5.74, 6) is 1.67. The predicted octanol–water partition coefficient (Wildman–Crippen LogP) is 3.56. The molecule has 0 aliphatic carbocycles. The van der Waals surface area contributed by atoms with E-state index in [1.165, 1.54) is 11.1 Å². The van der Waals surface area contributed by atoms with Crippen LogP contribution < -0.4 is 5.32 Å². The fraction of sp³-hybridized carbons (Fsp3) is 0.238. The maximum absolute atomic E-state index is 5.66. The average molecular weight is 344 g/mol. The highest BCUT2D eigenvalue weighted by molar-refractivity contribution is 6.00. The van der Waals surface area contributed by atoms with Gasteiger partial charge in [-0.05, 0) is 54.5 Å². The van der Waals surface area contributed by atoms with Crippen LogP contribution in [-0.4, -0.2) is 35.4 Å². The molecule has 0 saturated carbocycles. The van der Waals surface area contributed by atoms with Gasteiger partial charge in [0.2, 0.25) is 0 Å². The van der Waals surface area contributed by atoms with E-state index in [4.69, 9.17) is 9.41 Å². The normalized spacial score (nSPS) is 19.7. The number of benzene rings is 1. The molecule has 0 bridgehead atoms. The lowest BCUT2D eigenvalue weighted by atomic mass is 9.98. The minimum atomic E-state index is 0.687. The molecule has 2 aromatic rings. The van der Waals surface area contributed by atoms with Crippen LogP contribution >= 0.6 is 0 Å². The Labute approximate surface area is 152 Å². The van der Waals surface area contributed by atoms with Crippen LogP contribution in [0, 0.1) is 6.92 Å². The van der Waals surface area contributed by atoms with Gasteiger partial charge in [0.15, 0.2) is 11.5 Å². The Morgan fingerprint density at radius 1 is 1.19 bits per heavy atom. The minimum Gasteiger partial charge on any atom is -0.441 e. The molecular weight excluding hydrogens is 324 g/mol. The van der Waals surface area contributed by atoms with Crippen LogP contribution in [0.4, 0.5) is 0 Å². The van der Waals surface area contributed by atoms with E-state index in [2.05, 4.69) is 51.8 Å². The van der Waals surface area contributed by atoms with Gasteiger partial charge in [-0.2, -0.15) is 0 Å². The van der Waals surface area contributed by atoms with Gasteiger partial charge in [-0.15, -0.1) is 0 Å². The molecule has 0 atom stereocenters. The molecule has 0 unspecified atom stereocenters. The number of aliphatic imine (C=N–C) groups is 1. The largest absolute Gasteiger partial charge is 0.441 e. The number of aryl methyl sites for hydroxylation is 1. The first kappa shape index (κ1) is 15.3. The van der Waals surface area contributed by atoms with Crippen LogP contribution in [0.25, 0.3) is 16.8 Å². The highest BCUT2D eigenvalue weighted by atomic mass is 16.3. The van der Waals surface area contributed by atoms with Crippen LogP contribution in [0.5, 0.6) is 0 Å². The zero-order chi connectivity index (χ0) is 17.5. The molecular formula is C21H20N4O. The number of nitrogens with one attached hydrogen (secondary N) is 1. The molecule has 1 aromatic carbocycles. The van der Waals surface area contributed by atoms with Crippen molar-refractivity contribution >= 4 is 22.6 Å². The van der Waals surface area contributed by atoms with Crippen LogP contribution in [0.15, 0.2) is 69.3 Å². The first-order valence-corrected chi connectivity index (χ1v) is 8.99. The van der Waals surface area contributed by atoms with Gasteiger partial charge in [0.05, 0.1) is 5.70 Å². The van der Waals surface area contributed by atoms with Gasteiger partial charge in [0.25, 0.3) is 0 Å². The van der Waals surface area contributed by atoms with Crippen molar-refractivity contribution in [1.29, 1.82) is 0 Å². The van der Waals surface area contributed by atoms with E-state index in [1.807, 2.05) is 19.1 Å². The van der Waals surface area contributed by atoms with Crippen LogP contribution in [-0.2, 0) is 0 Å². The maximum Gasteiger partial charge on any atom is 0.192 e. The number of oxazole rings is 1. The summed E-state index contributed by atoms with van der Waals surface area (Å²) in [5, 5.41) is 3.36. The molecule has 3 aliphatic heterocycles. The average Bonchev–Trinajstić information content (AvgIpc) is 3.07. The molecule has 5 nitrogen and oxygen atoms in total. The van der Waals surface area contributed by atoms with Crippen molar-refractivity contribution in [1.82, 2.24) is 15.2 Å². The van der Waals surface area contributed by atoms with E-state index in [0.29, 0.717) is 5.89 Å². The van der Waals surface area contributed by atoms with Crippen molar-refractivity contribution in [2.75, 3.05) is 19.6 Å². The second kappa shape index (κ2) is 6.11. The van der Waals surface area contributed by atoms with E-state index in [9.17, 15) is 0 Å². The van der Waals surface area contributed by atoms with Gasteiger partial charge in [-0.25, -0.2) is 9.98 Å². The second-order valence-electron chi connectivity index (χ2n) is 6.73. The van der Waals surface area contributed by atoms with Crippen LogP contribution in [0.1, 0.15) is 17.9 Å². The number of nitrogens with zero attached hydrogens (tertiary/aromatic N) is 3. The van der Waals surface area contributed by atoms with Gasteiger partial charge in [0.1, 0.15) is 11.4 Å². The lowest BCUT2D eigenvalue weighted by Gasteiger charge is -2.28. The highest BCUT2D eigenvalue weighted by Crippen LogP contribution is 2.28. The van der Waals surface area contributed by atoms with E-state index in [0.717, 1.165) is 54.3 Å². The zero-order valence-electron chi connectivity index (χ0n) is 14.7. The number of fused-ring (bicyclic) bond motifs is 2. The minimum absolute atomic E-state index is 0.687. The Balaban J connectivity index is 1.42. The summed E-state index contributed by atoms with van der Waals surface area (Å²) >= 11 is 0. The Hall–Kier alpha value is -2.92. The first-order chi connectivity index (χ1) is 12.8. The van der Waals surface area contributed by atoms with E-state index in [-0.39, 0.29) is 0 Å². The van der Waals surface area contributed by atoms with Crippen molar-refractivity contribution in [2.45, 2.75) is 13.3 Å². The Kier molecular flexibility index (Phi) is 3.60. The molecule has 0 fully saturated rings. The van der Waals surface area contributed by atoms with E-state index in [1.54, 1.807) is 0 Å². The van der Waals surface area contributed by atoms with Gasteiger partial charge in [-0.3, -0.25) is 0 Å². The molecule has 1 aromatic heterocycles. The molecule has 130 valence electrons. The summed E-state index contributed by atoms with van der Waals surface area (Å²) in [6.07, 6.45) is 12.0. The fourth-order valence-corrected chi connectivity index (χ4v) is 3.59. The number of rotatable bonds is 2. The zero-order valence-corrected chi connectivity index (χ0v) is 14.7. The lowest BCUT2D eigenvalue weighted by Crippen LogP contribution is -2.30. The summed E-state index contributed by atoms with van der Waals surface area (Å²) in [5.41, 5.74) is 6.45. The Bertz CT molecular complexity index is 1040. The Morgan fingerprint density at radius 2 is 2.15 bits per heavy atom. The SMILES string of the molecule is Cc1nc2ccc(C3=CCN4C=C(C5=CCNCC5)C=CC4=N3)cc2o1. The smallest absolute Gasteiger partial charge is 0.192 e. The fourth-order valence-electron chi connectivity index (χ4n) is 3.59. The number of hydrogen-bond acceptors (Lipinski definition) is 5. The second-order valence-corrected chi connectivity index (χ2v) is 6.73. The lowest BCUT2D eigenvalue weighted by molar-refractivity contribution is 0.561. The number of aromatic nitrogens is 1. The molecule has 5 rings (SSSR count). The van der Waals surface area contributed by atoms with E-state index >= 15 is 0 Å². The third kappa shape index (κ3) is 2.70. The van der Waals surface area contributed by atoms with Gasteiger partial charge in [-0.1, -0.05) is 12.1 Å². The van der Waals surface area contributed by atoms with Gasteiger partial charge >= 0.3 is 0 Å². The monoisotopic (exact) mass is 344 g/mol. The number of allylic oxidation sites excluding steroid dienone is 2. The number of amidine groups is 1. The van der Waals surface area contributed by atoms with E-state index < -0.39 is 0 Å². The molecule has 26 heavy (non-hydrogen) atoms. The third-order valence-electron chi connectivity index (χ3n) is 4.94. The van der Waals surface area contributed by atoms with Crippen molar-refractivity contribution in [3.8, 4) is 0 Å². The summed E-state index contributed by atoms with van der Waals surface area (Å²) in [7, 11) is 0. The predicted molar refractivity (Wildman–Crippen MR) is 104 cm³/mol. The molecule has 0 radical (unpaired) electrons.